The summed E-state index contributed by atoms with van der Waals surface area (Å²) >= 11 is 0. The topological polar surface area (TPSA) is 90.3 Å². The lowest BCUT2D eigenvalue weighted by atomic mass is 9.81. The van der Waals surface area contributed by atoms with Crippen LogP contribution >= 0.6 is 0 Å². The second-order valence-electron chi connectivity index (χ2n) is 15.3. The highest BCUT2D eigenvalue weighted by atomic mass is 16.6. The zero-order valence-electron chi connectivity index (χ0n) is 30.8. The molecule has 2 atom stereocenters. The molecule has 1 amide bonds. The third-order valence-corrected chi connectivity index (χ3v) is 9.78. The van der Waals surface area contributed by atoms with E-state index in [2.05, 4.69) is 16.7 Å². The predicted molar refractivity (Wildman–Crippen MR) is 196 cm³/mol. The van der Waals surface area contributed by atoms with Gasteiger partial charge in [0.25, 0.3) is 5.91 Å². The molecule has 2 fully saturated rings. The number of Topliss-reactive ketones (excluding diaryl/α,β-unsaturated/α-hetero) is 1. The van der Waals surface area contributed by atoms with Gasteiger partial charge < -0.3 is 28.6 Å². The number of benzene rings is 2. The van der Waals surface area contributed by atoms with Crippen molar-refractivity contribution < 1.29 is 28.6 Å². The SMILES string of the molecule is COc1ccc2c(c1)C=C(C(=O)/C(=C\N(C)C)C(=O)N1C[C@@H](C)O[C@@H](C)C1)Cn1c-2c(C2CCCCC2)c2ccc(C(=O)OC(C)(C)C)cc21. The first-order valence-corrected chi connectivity index (χ1v) is 17.9. The van der Waals surface area contributed by atoms with Gasteiger partial charge in [-0.3, -0.25) is 9.59 Å². The van der Waals surface area contributed by atoms with Gasteiger partial charge in [-0.1, -0.05) is 25.3 Å². The highest BCUT2D eigenvalue weighted by Gasteiger charge is 2.35. The molecule has 1 aliphatic carbocycles. The van der Waals surface area contributed by atoms with Crippen molar-refractivity contribution >= 4 is 34.6 Å². The van der Waals surface area contributed by atoms with Crippen molar-refractivity contribution in [2.24, 2.45) is 0 Å². The fourth-order valence-corrected chi connectivity index (χ4v) is 7.80. The first-order valence-electron chi connectivity index (χ1n) is 17.9. The van der Waals surface area contributed by atoms with Gasteiger partial charge >= 0.3 is 5.97 Å². The van der Waals surface area contributed by atoms with Gasteiger partial charge in [0.15, 0.2) is 5.78 Å². The fourth-order valence-electron chi connectivity index (χ4n) is 7.80. The number of carbonyl (C=O) groups excluding carboxylic acids is 3. The van der Waals surface area contributed by atoms with E-state index < -0.39 is 11.6 Å². The van der Waals surface area contributed by atoms with Crippen molar-refractivity contribution in [3.63, 3.8) is 0 Å². The second-order valence-corrected chi connectivity index (χ2v) is 15.3. The van der Waals surface area contributed by atoms with Crippen LogP contribution in [-0.4, -0.2) is 84.1 Å². The van der Waals surface area contributed by atoms with Crippen molar-refractivity contribution in [2.45, 2.75) is 97.0 Å². The number of ketones is 1. The van der Waals surface area contributed by atoms with Gasteiger partial charge in [0.1, 0.15) is 16.9 Å². The van der Waals surface area contributed by atoms with Crippen molar-refractivity contribution in [3.8, 4) is 17.0 Å². The number of hydrogen-bond acceptors (Lipinski definition) is 7. The number of fused-ring (bicyclic) bond motifs is 5. The minimum Gasteiger partial charge on any atom is -0.497 e. The van der Waals surface area contributed by atoms with Crippen molar-refractivity contribution in [1.82, 2.24) is 14.4 Å². The molecule has 3 heterocycles. The molecule has 2 aromatic carbocycles. The molecule has 0 spiro atoms. The summed E-state index contributed by atoms with van der Waals surface area (Å²) in [5.74, 6) is -0.0243. The summed E-state index contributed by atoms with van der Waals surface area (Å²) in [5, 5.41) is 1.08. The van der Waals surface area contributed by atoms with Crippen LogP contribution in [0.2, 0.25) is 0 Å². The molecule has 9 heteroatoms. The summed E-state index contributed by atoms with van der Waals surface area (Å²) in [4.78, 5) is 45.9. The van der Waals surface area contributed by atoms with Gasteiger partial charge in [-0.05, 0) is 101 Å². The van der Waals surface area contributed by atoms with Gasteiger partial charge in [-0.2, -0.15) is 0 Å². The Kier molecular flexibility index (Phi) is 10.00. The molecule has 3 aliphatic rings. The predicted octanol–water partition coefficient (Wildman–Crippen LogP) is 7.37. The van der Waals surface area contributed by atoms with Gasteiger partial charge in [-0.25, -0.2) is 4.79 Å². The number of esters is 1. The van der Waals surface area contributed by atoms with Crippen LogP contribution in [0.3, 0.4) is 0 Å². The van der Waals surface area contributed by atoms with Crippen LogP contribution in [0.4, 0.5) is 0 Å². The maximum Gasteiger partial charge on any atom is 0.338 e. The first kappa shape index (κ1) is 35.5. The summed E-state index contributed by atoms with van der Waals surface area (Å²) in [6.07, 6.45) is 8.96. The Bertz CT molecular complexity index is 1860. The van der Waals surface area contributed by atoms with E-state index in [0.717, 1.165) is 53.4 Å². The quantitative estimate of drug-likeness (QED) is 0.111. The van der Waals surface area contributed by atoms with Gasteiger partial charge in [0, 0.05) is 55.4 Å². The Hall–Kier alpha value is -4.37. The van der Waals surface area contributed by atoms with Crippen LogP contribution in [0.25, 0.3) is 28.2 Å². The molecule has 266 valence electrons. The van der Waals surface area contributed by atoms with E-state index >= 15 is 0 Å². The molecule has 0 bridgehead atoms. The van der Waals surface area contributed by atoms with Crippen LogP contribution in [0.5, 0.6) is 5.75 Å². The number of carbonyl (C=O) groups is 3. The molecule has 0 unspecified atom stereocenters. The second kappa shape index (κ2) is 14.1. The minimum absolute atomic E-state index is 0.105. The van der Waals surface area contributed by atoms with Gasteiger partial charge in [-0.15, -0.1) is 0 Å². The molecule has 6 rings (SSSR count). The van der Waals surface area contributed by atoms with E-state index in [1.54, 1.807) is 23.1 Å². The highest BCUT2D eigenvalue weighted by molar-refractivity contribution is 6.26. The summed E-state index contributed by atoms with van der Waals surface area (Å²) < 4.78 is 19.5. The number of allylic oxidation sites excluding steroid dienone is 1. The standard InChI is InChI=1S/C41H51N3O6/c1-25-21-43(22-26(2)49-25)39(46)34(24-42(6)7)38(45)30-18-29-19-31(48-8)15-17-32(29)37-36(27-12-10-9-11-13-27)33-16-14-28(20-35(33)44(37)23-30)40(47)50-41(3,4)5/h14-20,24-27H,9-13,21-23H2,1-8H3/b34-24+/t25-,26+. The van der Waals surface area contributed by atoms with E-state index in [0.29, 0.717) is 35.9 Å². The van der Waals surface area contributed by atoms with E-state index in [9.17, 15) is 14.4 Å². The lowest BCUT2D eigenvalue weighted by Gasteiger charge is -2.35. The third-order valence-electron chi connectivity index (χ3n) is 9.78. The number of amides is 1. The Balaban J connectivity index is 1.55. The van der Waals surface area contributed by atoms with E-state index in [-0.39, 0.29) is 36.0 Å². The normalized spacial score (nSPS) is 20.0. The zero-order valence-corrected chi connectivity index (χ0v) is 30.8. The molecular weight excluding hydrogens is 630 g/mol. The van der Waals surface area contributed by atoms with Crippen LogP contribution in [0.1, 0.15) is 94.1 Å². The van der Waals surface area contributed by atoms with Crippen LogP contribution < -0.4 is 4.74 Å². The molecule has 1 aromatic heterocycles. The summed E-state index contributed by atoms with van der Waals surface area (Å²) in [7, 11) is 5.27. The minimum atomic E-state index is -0.645. The lowest BCUT2D eigenvalue weighted by molar-refractivity contribution is -0.140. The summed E-state index contributed by atoms with van der Waals surface area (Å²) in [5.41, 5.74) is 5.40. The van der Waals surface area contributed by atoms with Crippen molar-refractivity contribution in [1.29, 1.82) is 0 Å². The molecule has 50 heavy (non-hydrogen) atoms. The molecule has 1 saturated heterocycles. The summed E-state index contributed by atoms with van der Waals surface area (Å²) in [6.45, 7) is 10.5. The fraction of sp³-hybridized carbons (Fsp3) is 0.488. The number of rotatable bonds is 7. The Morgan fingerprint density at radius 3 is 2.30 bits per heavy atom. The molecule has 0 radical (unpaired) electrons. The van der Waals surface area contributed by atoms with Crippen LogP contribution in [0, 0.1) is 0 Å². The zero-order chi connectivity index (χ0) is 35.9. The largest absolute Gasteiger partial charge is 0.497 e. The summed E-state index contributed by atoms with van der Waals surface area (Å²) in [6, 6.07) is 11.8. The van der Waals surface area contributed by atoms with E-state index in [1.807, 2.05) is 79.1 Å². The number of aromatic nitrogens is 1. The molecular formula is C41H51N3O6. The number of ether oxygens (including phenoxy) is 3. The lowest BCUT2D eigenvalue weighted by Crippen LogP contribution is -2.49. The molecule has 9 nitrogen and oxygen atoms in total. The van der Waals surface area contributed by atoms with Crippen molar-refractivity contribution in [3.05, 3.63) is 70.4 Å². The highest BCUT2D eigenvalue weighted by Crippen LogP contribution is 2.47. The number of methoxy groups -OCH3 is 1. The van der Waals surface area contributed by atoms with Gasteiger partial charge in [0.05, 0.1) is 37.1 Å². The number of morpholine rings is 1. The maximum absolute atomic E-state index is 14.8. The van der Waals surface area contributed by atoms with E-state index in [4.69, 9.17) is 14.2 Å². The third kappa shape index (κ3) is 7.24. The monoisotopic (exact) mass is 681 g/mol. The first-order chi connectivity index (χ1) is 23.7. The average molecular weight is 682 g/mol. The Labute approximate surface area is 295 Å². The Morgan fingerprint density at radius 1 is 0.960 bits per heavy atom. The van der Waals surface area contributed by atoms with Crippen LogP contribution in [0.15, 0.2) is 53.7 Å². The average Bonchev–Trinajstić information content (AvgIpc) is 3.27. The smallest absolute Gasteiger partial charge is 0.338 e. The van der Waals surface area contributed by atoms with Gasteiger partial charge in [0.2, 0.25) is 0 Å². The Morgan fingerprint density at radius 2 is 1.66 bits per heavy atom. The molecule has 0 N–H and O–H groups in total. The molecule has 2 aliphatic heterocycles. The maximum atomic E-state index is 14.8. The van der Waals surface area contributed by atoms with E-state index in [1.165, 1.54) is 12.0 Å². The van der Waals surface area contributed by atoms with Crippen molar-refractivity contribution in [2.75, 3.05) is 34.3 Å². The number of nitrogens with zero attached hydrogens (tertiary/aromatic N) is 3. The molecule has 1 saturated carbocycles. The number of hydrogen-bond donors (Lipinski definition) is 0. The van der Waals surface area contributed by atoms with Crippen LogP contribution in [-0.2, 0) is 25.6 Å². The molecule has 3 aromatic rings.